The number of ether oxygens (including phenoxy) is 1. The first kappa shape index (κ1) is 18.9. The number of amides is 2. The van der Waals surface area contributed by atoms with Gasteiger partial charge in [-0.25, -0.2) is 8.42 Å². The highest BCUT2D eigenvalue weighted by molar-refractivity contribution is 7.91. The topological polar surface area (TPSA) is 102 Å². The zero-order valence-corrected chi connectivity index (χ0v) is 15.4. The summed E-state index contributed by atoms with van der Waals surface area (Å²) in [5.41, 5.74) is 5.02. The number of sulfone groups is 1. The third-order valence-corrected chi connectivity index (χ3v) is 6.05. The lowest BCUT2D eigenvalue weighted by molar-refractivity contribution is -0.122. The molecule has 2 aromatic carbocycles. The molecular weight excluding hydrogens is 368 g/mol. The Bertz CT molecular complexity index is 911. The summed E-state index contributed by atoms with van der Waals surface area (Å²) in [7, 11) is -3.02. The van der Waals surface area contributed by atoms with E-state index in [9.17, 15) is 18.0 Å². The van der Waals surface area contributed by atoms with Crippen LogP contribution in [0.2, 0.25) is 0 Å². The molecule has 1 fully saturated rings. The Hall–Kier alpha value is -2.87. The predicted octanol–water partition coefficient (Wildman–Crippen LogP) is 2.06. The SMILES string of the molecule is O=C(C[C@H]1CCS(=O)(=O)C1)NNC(=O)c1ccc(Oc2ccccc2)cc1. The second-order valence-corrected chi connectivity index (χ2v) is 8.64. The Kier molecular flexibility index (Phi) is 5.75. The van der Waals surface area contributed by atoms with Crippen molar-refractivity contribution in [1.29, 1.82) is 0 Å². The Morgan fingerprint density at radius 2 is 1.63 bits per heavy atom. The molecule has 0 bridgehead atoms. The molecule has 3 rings (SSSR count). The molecule has 7 nitrogen and oxygen atoms in total. The highest BCUT2D eigenvalue weighted by Crippen LogP contribution is 2.22. The van der Waals surface area contributed by atoms with E-state index in [1.807, 2.05) is 30.3 Å². The lowest BCUT2D eigenvalue weighted by Crippen LogP contribution is -2.42. The fourth-order valence-corrected chi connectivity index (χ4v) is 4.71. The molecule has 1 aliphatic heterocycles. The van der Waals surface area contributed by atoms with Crippen molar-refractivity contribution in [3.05, 3.63) is 60.2 Å². The van der Waals surface area contributed by atoms with Gasteiger partial charge in [-0.3, -0.25) is 20.4 Å². The van der Waals surface area contributed by atoms with E-state index in [1.54, 1.807) is 24.3 Å². The van der Waals surface area contributed by atoms with Gasteiger partial charge in [0.05, 0.1) is 11.5 Å². The van der Waals surface area contributed by atoms with Gasteiger partial charge in [-0.15, -0.1) is 0 Å². The van der Waals surface area contributed by atoms with Crippen LogP contribution in [0.5, 0.6) is 11.5 Å². The number of para-hydroxylation sites is 1. The van der Waals surface area contributed by atoms with Gasteiger partial charge in [-0.2, -0.15) is 0 Å². The van der Waals surface area contributed by atoms with Crippen molar-refractivity contribution < 1.29 is 22.7 Å². The molecule has 0 spiro atoms. The van der Waals surface area contributed by atoms with E-state index in [0.29, 0.717) is 23.5 Å². The lowest BCUT2D eigenvalue weighted by atomic mass is 10.1. The van der Waals surface area contributed by atoms with Crippen molar-refractivity contribution in [3.63, 3.8) is 0 Å². The van der Waals surface area contributed by atoms with E-state index >= 15 is 0 Å². The molecule has 0 aromatic heterocycles. The molecule has 1 saturated heterocycles. The molecule has 0 radical (unpaired) electrons. The summed E-state index contributed by atoms with van der Waals surface area (Å²) >= 11 is 0. The van der Waals surface area contributed by atoms with Gasteiger partial charge in [0.2, 0.25) is 5.91 Å². The summed E-state index contributed by atoms with van der Waals surface area (Å²) in [6.07, 6.45) is 0.552. The summed E-state index contributed by atoms with van der Waals surface area (Å²) in [5.74, 6) is 0.357. The lowest BCUT2D eigenvalue weighted by Gasteiger charge is -2.10. The molecule has 8 heteroatoms. The van der Waals surface area contributed by atoms with Crippen LogP contribution in [0.15, 0.2) is 54.6 Å². The summed E-state index contributed by atoms with van der Waals surface area (Å²) in [4.78, 5) is 24.0. The van der Waals surface area contributed by atoms with Crippen molar-refractivity contribution in [1.82, 2.24) is 10.9 Å². The zero-order chi connectivity index (χ0) is 19.3. The Labute approximate surface area is 157 Å². The van der Waals surface area contributed by atoms with Crippen LogP contribution in [0.3, 0.4) is 0 Å². The normalized spacial score (nSPS) is 17.9. The maximum absolute atomic E-state index is 12.1. The Morgan fingerprint density at radius 3 is 2.26 bits per heavy atom. The third kappa shape index (κ3) is 5.55. The van der Waals surface area contributed by atoms with E-state index in [2.05, 4.69) is 10.9 Å². The van der Waals surface area contributed by atoms with Crippen molar-refractivity contribution in [2.24, 2.45) is 5.92 Å². The molecule has 2 aromatic rings. The minimum atomic E-state index is -3.02. The summed E-state index contributed by atoms with van der Waals surface area (Å²) in [6.45, 7) is 0. The molecule has 0 saturated carbocycles. The molecule has 0 unspecified atom stereocenters. The highest BCUT2D eigenvalue weighted by Gasteiger charge is 2.29. The molecule has 1 heterocycles. The Balaban J connectivity index is 1.47. The van der Waals surface area contributed by atoms with Crippen molar-refractivity contribution in [3.8, 4) is 11.5 Å². The van der Waals surface area contributed by atoms with Gasteiger partial charge in [0, 0.05) is 12.0 Å². The van der Waals surface area contributed by atoms with Gasteiger partial charge in [0.25, 0.3) is 5.91 Å². The van der Waals surface area contributed by atoms with Crippen LogP contribution in [-0.4, -0.2) is 31.7 Å². The quantitative estimate of drug-likeness (QED) is 0.764. The summed E-state index contributed by atoms with van der Waals surface area (Å²) < 4.78 is 28.5. The second kappa shape index (κ2) is 8.22. The molecule has 1 aliphatic rings. The smallest absolute Gasteiger partial charge is 0.269 e. The average Bonchev–Trinajstić information content (AvgIpc) is 2.99. The number of hydrogen-bond donors (Lipinski definition) is 2. The third-order valence-electron chi connectivity index (χ3n) is 4.21. The number of nitrogens with one attached hydrogen (secondary N) is 2. The molecule has 1 atom stereocenters. The van der Waals surface area contributed by atoms with Crippen LogP contribution in [0.1, 0.15) is 23.2 Å². The largest absolute Gasteiger partial charge is 0.457 e. The molecular formula is C19H20N2O5S. The molecule has 2 N–H and O–H groups in total. The molecule has 2 amide bonds. The fraction of sp³-hybridized carbons (Fsp3) is 0.263. The van der Waals surface area contributed by atoms with Gasteiger partial charge in [0.1, 0.15) is 11.5 Å². The number of hydrogen-bond acceptors (Lipinski definition) is 5. The van der Waals surface area contributed by atoms with Gasteiger partial charge < -0.3 is 4.74 Å². The number of rotatable bonds is 5. The monoisotopic (exact) mass is 388 g/mol. The maximum Gasteiger partial charge on any atom is 0.269 e. The van der Waals surface area contributed by atoms with Crippen molar-refractivity contribution in [2.45, 2.75) is 12.8 Å². The van der Waals surface area contributed by atoms with Crippen LogP contribution in [-0.2, 0) is 14.6 Å². The number of hydrazine groups is 1. The number of benzene rings is 2. The van der Waals surface area contributed by atoms with Crippen LogP contribution < -0.4 is 15.6 Å². The van der Waals surface area contributed by atoms with Gasteiger partial charge in [0.15, 0.2) is 9.84 Å². The van der Waals surface area contributed by atoms with Crippen molar-refractivity contribution >= 4 is 21.7 Å². The average molecular weight is 388 g/mol. The Morgan fingerprint density at radius 1 is 0.963 bits per heavy atom. The van der Waals surface area contributed by atoms with Gasteiger partial charge in [-0.1, -0.05) is 18.2 Å². The predicted molar refractivity (Wildman–Crippen MR) is 99.9 cm³/mol. The highest BCUT2D eigenvalue weighted by atomic mass is 32.2. The zero-order valence-electron chi connectivity index (χ0n) is 14.6. The standard InChI is InChI=1S/C19H20N2O5S/c22-18(12-14-10-11-27(24,25)13-14)20-21-19(23)15-6-8-17(9-7-15)26-16-4-2-1-3-5-16/h1-9,14H,10-13H2,(H,20,22)(H,21,23)/t14-/m1/s1. The van der Waals surface area contributed by atoms with Crippen LogP contribution in [0.25, 0.3) is 0 Å². The van der Waals surface area contributed by atoms with E-state index in [0.717, 1.165) is 0 Å². The minimum Gasteiger partial charge on any atom is -0.457 e. The summed E-state index contributed by atoms with van der Waals surface area (Å²) in [5, 5.41) is 0. The van der Waals surface area contributed by atoms with Crippen LogP contribution in [0.4, 0.5) is 0 Å². The first-order chi connectivity index (χ1) is 12.9. The molecule has 27 heavy (non-hydrogen) atoms. The first-order valence-electron chi connectivity index (χ1n) is 8.54. The first-order valence-corrected chi connectivity index (χ1v) is 10.4. The van der Waals surface area contributed by atoms with Crippen LogP contribution in [0, 0.1) is 5.92 Å². The van der Waals surface area contributed by atoms with Crippen LogP contribution >= 0.6 is 0 Å². The minimum absolute atomic E-state index is 0.0250. The van der Waals surface area contributed by atoms with E-state index < -0.39 is 21.7 Å². The second-order valence-electron chi connectivity index (χ2n) is 6.41. The molecule has 142 valence electrons. The van der Waals surface area contributed by atoms with E-state index in [4.69, 9.17) is 4.74 Å². The fourth-order valence-electron chi connectivity index (χ4n) is 2.84. The van der Waals surface area contributed by atoms with E-state index in [1.165, 1.54) is 0 Å². The van der Waals surface area contributed by atoms with E-state index in [-0.39, 0.29) is 23.8 Å². The van der Waals surface area contributed by atoms with Gasteiger partial charge >= 0.3 is 0 Å². The van der Waals surface area contributed by atoms with Gasteiger partial charge in [-0.05, 0) is 48.7 Å². The maximum atomic E-state index is 12.1. The summed E-state index contributed by atoms with van der Waals surface area (Å²) in [6, 6.07) is 15.8. The number of carbonyl (C=O) groups excluding carboxylic acids is 2. The van der Waals surface area contributed by atoms with Crippen molar-refractivity contribution in [2.75, 3.05) is 11.5 Å². The molecule has 0 aliphatic carbocycles. The number of carbonyl (C=O) groups is 2.